The second-order valence-corrected chi connectivity index (χ2v) is 5.03. The highest BCUT2D eigenvalue weighted by atomic mass is 79.9. The van der Waals surface area contributed by atoms with Crippen LogP contribution < -0.4 is 4.90 Å². The number of nitrogens with zero attached hydrogens (tertiary/aromatic N) is 2. The number of amides is 1. The van der Waals surface area contributed by atoms with E-state index < -0.39 is 0 Å². The second-order valence-electron chi connectivity index (χ2n) is 4.12. The lowest BCUT2D eigenvalue weighted by atomic mass is 9.99. The average Bonchev–Trinajstić information content (AvgIpc) is 2.39. The summed E-state index contributed by atoms with van der Waals surface area (Å²) in [7, 11) is 1.77. The molecule has 4 nitrogen and oxygen atoms in total. The summed E-state index contributed by atoms with van der Waals surface area (Å²) < 4.78 is 6.17. The molecule has 1 amide bonds. The monoisotopic (exact) mass is 298 g/mol. The van der Waals surface area contributed by atoms with Gasteiger partial charge in [0.1, 0.15) is 5.82 Å². The molecule has 0 N–H and O–H groups in total. The van der Waals surface area contributed by atoms with E-state index in [1.54, 1.807) is 18.1 Å². The van der Waals surface area contributed by atoms with Crippen LogP contribution in [0.4, 0.5) is 5.82 Å². The Morgan fingerprint density at radius 1 is 1.47 bits per heavy atom. The molecule has 1 aromatic heterocycles. The molecule has 1 aliphatic heterocycles. The molecule has 2 heterocycles. The number of pyridine rings is 1. The molecule has 2 rings (SSSR count). The fourth-order valence-electron chi connectivity index (χ4n) is 1.90. The summed E-state index contributed by atoms with van der Waals surface area (Å²) in [6.45, 7) is 1.36. The lowest BCUT2D eigenvalue weighted by Crippen LogP contribution is -2.36. The first-order chi connectivity index (χ1) is 8.18. The van der Waals surface area contributed by atoms with Gasteiger partial charge in [-0.25, -0.2) is 4.98 Å². The van der Waals surface area contributed by atoms with Crippen molar-refractivity contribution in [2.75, 3.05) is 25.2 Å². The minimum Gasteiger partial charge on any atom is -0.381 e. The van der Waals surface area contributed by atoms with Gasteiger partial charge in [-0.2, -0.15) is 0 Å². The zero-order chi connectivity index (χ0) is 12.3. The number of aromatic nitrogens is 1. The molecule has 0 radical (unpaired) electrons. The van der Waals surface area contributed by atoms with Crippen LogP contribution in [0.2, 0.25) is 0 Å². The van der Waals surface area contributed by atoms with Crippen molar-refractivity contribution in [1.82, 2.24) is 4.98 Å². The molecule has 0 aliphatic carbocycles. The third kappa shape index (κ3) is 3.04. The Bertz CT molecular complexity index is 388. The largest absolute Gasteiger partial charge is 0.381 e. The van der Waals surface area contributed by atoms with E-state index in [1.165, 1.54) is 0 Å². The molecule has 5 heteroatoms. The van der Waals surface area contributed by atoms with Crippen LogP contribution in [-0.4, -0.2) is 31.2 Å². The van der Waals surface area contributed by atoms with Crippen LogP contribution in [0.15, 0.2) is 22.8 Å². The van der Waals surface area contributed by atoms with Crippen LogP contribution in [0, 0.1) is 5.92 Å². The molecule has 92 valence electrons. The summed E-state index contributed by atoms with van der Waals surface area (Å²) >= 11 is 3.33. The Morgan fingerprint density at radius 2 is 2.18 bits per heavy atom. The van der Waals surface area contributed by atoms with Crippen LogP contribution in [0.25, 0.3) is 0 Å². The summed E-state index contributed by atoms with van der Waals surface area (Å²) in [5.74, 6) is 0.881. The Balaban J connectivity index is 2.05. The zero-order valence-corrected chi connectivity index (χ0v) is 11.3. The third-order valence-corrected chi connectivity index (χ3v) is 3.43. The molecule has 0 atom stereocenters. The third-order valence-electron chi connectivity index (χ3n) is 2.96. The Labute approximate surface area is 109 Å². The molecule has 0 unspecified atom stereocenters. The van der Waals surface area contributed by atoms with Crippen molar-refractivity contribution in [3.05, 3.63) is 22.8 Å². The number of ether oxygens (including phenoxy) is 1. The van der Waals surface area contributed by atoms with Crippen LogP contribution in [-0.2, 0) is 9.53 Å². The molecule has 17 heavy (non-hydrogen) atoms. The van der Waals surface area contributed by atoms with Gasteiger partial charge in [0, 0.05) is 36.8 Å². The highest BCUT2D eigenvalue weighted by Crippen LogP contribution is 2.20. The van der Waals surface area contributed by atoms with Gasteiger partial charge in [0.25, 0.3) is 0 Å². The first kappa shape index (κ1) is 12.5. The number of hydrogen-bond acceptors (Lipinski definition) is 3. The Hall–Kier alpha value is -0.940. The minimum absolute atomic E-state index is 0.0687. The first-order valence-corrected chi connectivity index (χ1v) is 6.44. The van der Waals surface area contributed by atoms with Gasteiger partial charge in [0.2, 0.25) is 5.91 Å². The highest BCUT2D eigenvalue weighted by Gasteiger charge is 2.25. The predicted octanol–water partition coefficient (Wildman–Crippen LogP) is 2.23. The van der Waals surface area contributed by atoms with E-state index in [1.807, 2.05) is 12.1 Å². The van der Waals surface area contributed by atoms with E-state index in [9.17, 15) is 4.79 Å². The lowest BCUT2D eigenvalue weighted by Gasteiger charge is -2.25. The summed E-state index contributed by atoms with van der Waals surface area (Å²) in [6.07, 6.45) is 3.31. The number of carbonyl (C=O) groups is 1. The molecule has 0 saturated carbocycles. The molecule has 0 bridgehead atoms. The van der Waals surface area contributed by atoms with E-state index in [4.69, 9.17) is 4.74 Å². The van der Waals surface area contributed by atoms with E-state index in [0.717, 1.165) is 17.3 Å². The van der Waals surface area contributed by atoms with E-state index in [0.29, 0.717) is 19.0 Å². The number of anilines is 1. The fraction of sp³-hybridized carbons (Fsp3) is 0.500. The quantitative estimate of drug-likeness (QED) is 0.841. The SMILES string of the molecule is CN(C(=O)C1CCOCC1)c1ccc(Br)cn1. The van der Waals surface area contributed by atoms with Crippen molar-refractivity contribution >= 4 is 27.7 Å². The Morgan fingerprint density at radius 3 is 2.76 bits per heavy atom. The smallest absolute Gasteiger partial charge is 0.231 e. The maximum atomic E-state index is 12.2. The number of carbonyl (C=O) groups excluding carboxylic acids is 1. The minimum atomic E-state index is 0.0687. The summed E-state index contributed by atoms with van der Waals surface area (Å²) in [6, 6.07) is 3.72. The van der Waals surface area contributed by atoms with Gasteiger partial charge < -0.3 is 4.74 Å². The molecular formula is C12H15BrN2O2. The molecule has 0 aromatic carbocycles. The topological polar surface area (TPSA) is 42.4 Å². The fourth-order valence-corrected chi connectivity index (χ4v) is 2.13. The number of halogens is 1. The van der Waals surface area contributed by atoms with Gasteiger partial charge in [0.15, 0.2) is 0 Å². The Kier molecular flexibility index (Phi) is 4.12. The molecular weight excluding hydrogens is 284 g/mol. The first-order valence-electron chi connectivity index (χ1n) is 5.65. The molecule has 1 saturated heterocycles. The van der Waals surface area contributed by atoms with Crippen molar-refractivity contribution in [1.29, 1.82) is 0 Å². The maximum Gasteiger partial charge on any atom is 0.231 e. The predicted molar refractivity (Wildman–Crippen MR) is 68.9 cm³/mol. The maximum absolute atomic E-state index is 12.2. The average molecular weight is 299 g/mol. The van der Waals surface area contributed by atoms with Crippen molar-refractivity contribution in [2.45, 2.75) is 12.8 Å². The normalized spacial score (nSPS) is 16.8. The van der Waals surface area contributed by atoms with Gasteiger partial charge >= 0.3 is 0 Å². The van der Waals surface area contributed by atoms with Crippen molar-refractivity contribution < 1.29 is 9.53 Å². The lowest BCUT2D eigenvalue weighted by molar-refractivity contribution is -0.124. The van der Waals surface area contributed by atoms with E-state index in [2.05, 4.69) is 20.9 Å². The van der Waals surface area contributed by atoms with Gasteiger partial charge in [-0.15, -0.1) is 0 Å². The number of rotatable bonds is 2. The van der Waals surface area contributed by atoms with Gasteiger partial charge in [-0.1, -0.05) is 0 Å². The van der Waals surface area contributed by atoms with Gasteiger partial charge in [0.05, 0.1) is 0 Å². The summed E-state index contributed by atoms with van der Waals surface area (Å²) in [4.78, 5) is 18.1. The standard InChI is InChI=1S/C12H15BrN2O2/c1-15(11-3-2-10(13)8-14-11)12(16)9-4-6-17-7-5-9/h2-3,8-9H,4-7H2,1H3. The second kappa shape index (κ2) is 5.60. The zero-order valence-electron chi connectivity index (χ0n) is 9.73. The summed E-state index contributed by atoms with van der Waals surface area (Å²) in [5.41, 5.74) is 0. The van der Waals surface area contributed by atoms with Gasteiger partial charge in [-0.05, 0) is 40.9 Å². The van der Waals surface area contributed by atoms with Crippen molar-refractivity contribution in [2.24, 2.45) is 5.92 Å². The van der Waals surface area contributed by atoms with Crippen LogP contribution in [0.3, 0.4) is 0 Å². The van der Waals surface area contributed by atoms with Crippen LogP contribution >= 0.6 is 15.9 Å². The van der Waals surface area contributed by atoms with Crippen molar-refractivity contribution in [3.63, 3.8) is 0 Å². The van der Waals surface area contributed by atoms with Crippen molar-refractivity contribution in [3.8, 4) is 0 Å². The molecule has 1 aliphatic rings. The van der Waals surface area contributed by atoms with Crippen LogP contribution in [0.5, 0.6) is 0 Å². The van der Waals surface area contributed by atoms with E-state index >= 15 is 0 Å². The van der Waals surface area contributed by atoms with Crippen LogP contribution in [0.1, 0.15) is 12.8 Å². The van der Waals surface area contributed by atoms with Gasteiger partial charge in [-0.3, -0.25) is 9.69 Å². The molecule has 1 aromatic rings. The molecule has 0 spiro atoms. The number of hydrogen-bond donors (Lipinski definition) is 0. The summed E-state index contributed by atoms with van der Waals surface area (Å²) in [5, 5.41) is 0. The van der Waals surface area contributed by atoms with E-state index in [-0.39, 0.29) is 11.8 Å². The highest BCUT2D eigenvalue weighted by molar-refractivity contribution is 9.10. The molecule has 1 fully saturated rings.